The van der Waals surface area contributed by atoms with Crippen LogP contribution in [0.15, 0.2) is 24.3 Å². The Morgan fingerprint density at radius 1 is 1.26 bits per heavy atom. The Hall–Kier alpha value is -3.07. The number of nitrogens with one attached hydrogen (secondary N) is 2. The Balaban J connectivity index is 1.43. The Bertz CT molecular complexity index is 1380. The van der Waals surface area contributed by atoms with Crippen LogP contribution < -0.4 is 15.5 Å². The van der Waals surface area contributed by atoms with E-state index in [2.05, 4.69) is 54.5 Å². The van der Waals surface area contributed by atoms with Crippen LogP contribution in [0.5, 0.6) is 0 Å². The molecule has 6 heterocycles. The number of amides is 2. The topological polar surface area (TPSA) is 97.8 Å². The summed E-state index contributed by atoms with van der Waals surface area (Å²) in [5.74, 6) is 0.858. The molecule has 0 saturated carbocycles. The van der Waals surface area contributed by atoms with E-state index in [0.29, 0.717) is 19.6 Å². The largest absolute Gasteiger partial charge is 0.465 e. The molecular weight excluding hydrogens is 462 g/mol. The first-order valence-electron chi connectivity index (χ1n) is 12.3. The monoisotopic (exact) mass is 493 g/mol. The highest BCUT2D eigenvalue weighted by molar-refractivity contribution is 7.21. The Morgan fingerprint density at radius 3 is 2.80 bits per heavy atom. The number of carbonyl (C=O) groups is 2. The molecule has 4 aliphatic heterocycles. The quantitative estimate of drug-likeness (QED) is 0.453. The molecule has 3 aromatic rings. The summed E-state index contributed by atoms with van der Waals surface area (Å²) < 4.78 is 1.06. The zero-order valence-electron chi connectivity index (χ0n) is 20.5. The number of aromatic nitrogens is 1. The van der Waals surface area contributed by atoms with Crippen molar-refractivity contribution in [3.05, 3.63) is 29.1 Å². The zero-order chi connectivity index (χ0) is 24.7. The fraction of sp³-hybridized carbons (Fsp3) is 0.500. The van der Waals surface area contributed by atoms with Gasteiger partial charge in [-0.3, -0.25) is 9.69 Å². The van der Waals surface area contributed by atoms with Crippen LogP contribution in [0.3, 0.4) is 0 Å². The van der Waals surface area contributed by atoms with Crippen molar-refractivity contribution in [2.24, 2.45) is 5.41 Å². The molecule has 1 aromatic carbocycles. The number of rotatable bonds is 1. The van der Waals surface area contributed by atoms with E-state index in [-0.39, 0.29) is 23.4 Å². The van der Waals surface area contributed by atoms with Gasteiger partial charge in [0.2, 0.25) is 0 Å². The number of hydrogen-bond acceptors (Lipinski definition) is 6. The highest BCUT2D eigenvalue weighted by atomic mass is 32.1. The van der Waals surface area contributed by atoms with Crippen LogP contribution in [0.2, 0.25) is 0 Å². The molecule has 7 rings (SSSR count). The summed E-state index contributed by atoms with van der Waals surface area (Å²) in [6.45, 7) is 10.2. The van der Waals surface area contributed by atoms with Crippen LogP contribution in [0.25, 0.3) is 21.0 Å². The maximum absolute atomic E-state index is 12.7. The predicted octanol–water partition coefficient (Wildman–Crippen LogP) is 4.74. The number of carbonyl (C=O) groups excluding carboxylic acids is 1. The lowest BCUT2D eigenvalue weighted by molar-refractivity contribution is -0.0506. The average Bonchev–Trinajstić information content (AvgIpc) is 3.14. The second-order valence-electron chi connectivity index (χ2n) is 11.2. The third-order valence-corrected chi connectivity index (χ3v) is 9.43. The highest BCUT2D eigenvalue weighted by Crippen LogP contribution is 2.49. The van der Waals surface area contributed by atoms with Gasteiger partial charge in [-0.15, -0.1) is 11.3 Å². The lowest BCUT2D eigenvalue weighted by Crippen LogP contribution is -2.75. The Kier molecular flexibility index (Phi) is 4.78. The molecule has 3 N–H and O–H groups in total. The highest BCUT2D eigenvalue weighted by Gasteiger charge is 2.57. The zero-order valence-corrected chi connectivity index (χ0v) is 21.3. The third-order valence-electron chi connectivity index (χ3n) is 8.27. The first-order valence-corrected chi connectivity index (χ1v) is 13.1. The molecule has 3 saturated heterocycles. The molecule has 3 atom stereocenters. The van der Waals surface area contributed by atoms with Crippen molar-refractivity contribution >= 4 is 55.8 Å². The van der Waals surface area contributed by atoms with Crippen LogP contribution in [-0.4, -0.2) is 64.2 Å². The van der Waals surface area contributed by atoms with E-state index in [9.17, 15) is 14.7 Å². The minimum atomic E-state index is -0.831. The summed E-state index contributed by atoms with van der Waals surface area (Å²) in [5.41, 5.74) is 1.13. The van der Waals surface area contributed by atoms with Crippen LogP contribution >= 0.6 is 11.3 Å². The molecule has 8 nitrogen and oxygen atoms in total. The number of fused-ring (bicyclic) bond motifs is 8. The molecule has 0 spiro atoms. The molecule has 0 radical (unpaired) electrons. The van der Waals surface area contributed by atoms with Crippen molar-refractivity contribution in [3.8, 4) is 0 Å². The number of benzene rings is 1. The summed E-state index contributed by atoms with van der Waals surface area (Å²) >= 11 is 1.51. The van der Waals surface area contributed by atoms with E-state index in [1.165, 1.54) is 11.3 Å². The van der Waals surface area contributed by atoms with Crippen molar-refractivity contribution < 1.29 is 14.7 Å². The summed E-state index contributed by atoms with van der Waals surface area (Å²) in [4.78, 5) is 34.7. The van der Waals surface area contributed by atoms with Gasteiger partial charge in [-0.1, -0.05) is 20.8 Å². The number of carboxylic acid groups (broad SMARTS) is 1. The number of anilines is 2. The Morgan fingerprint density at radius 2 is 2.06 bits per heavy atom. The normalized spacial score (nSPS) is 26.5. The van der Waals surface area contributed by atoms with Crippen molar-refractivity contribution in [2.45, 2.75) is 58.2 Å². The average molecular weight is 494 g/mol. The lowest BCUT2D eigenvalue weighted by atomic mass is 9.64. The van der Waals surface area contributed by atoms with E-state index < -0.39 is 11.6 Å². The van der Waals surface area contributed by atoms with Crippen molar-refractivity contribution in [1.82, 2.24) is 15.2 Å². The number of pyridine rings is 1. The second kappa shape index (κ2) is 7.46. The van der Waals surface area contributed by atoms with Gasteiger partial charge in [0.25, 0.3) is 5.91 Å². The van der Waals surface area contributed by atoms with Crippen molar-refractivity contribution in [2.75, 3.05) is 29.9 Å². The van der Waals surface area contributed by atoms with Gasteiger partial charge in [0.05, 0.1) is 16.7 Å². The van der Waals surface area contributed by atoms with Gasteiger partial charge in [-0.2, -0.15) is 0 Å². The van der Waals surface area contributed by atoms with Gasteiger partial charge >= 0.3 is 6.09 Å². The van der Waals surface area contributed by atoms with E-state index >= 15 is 0 Å². The van der Waals surface area contributed by atoms with E-state index in [4.69, 9.17) is 4.98 Å². The predicted molar refractivity (Wildman–Crippen MR) is 140 cm³/mol. The molecule has 3 fully saturated rings. The van der Waals surface area contributed by atoms with Crippen LogP contribution in [0.4, 0.5) is 16.3 Å². The molecule has 9 heteroatoms. The van der Waals surface area contributed by atoms with Crippen LogP contribution in [-0.2, 0) is 0 Å². The van der Waals surface area contributed by atoms with Crippen LogP contribution in [0.1, 0.15) is 50.2 Å². The summed E-state index contributed by atoms with van der Waals surface area (Å²) in [7, 11) is 0. The van der Waals surface area contributed by atoms with Gasteiger partial charge < -0.3 is 20.6 Å². The number of piperazine rings is 1. The third kappa shape index (κ3) is 3.20. The summed E-state index contributed by atoms with van der Waals surface area (Å²) in [5, 5.41) is 18.6. The SMILES string of the molecule is C[C@@H]1CNc2c(sc3ccc4nc(N5C[C@]6(C(C)(C)C)CC[C@@H]5CN6C(=O)O)ccc4c23)C(=O)N1. The van der Waals surface area contributed by atoms with E-state index in [0.717, 1.165) is 50.2 Å². The minimum Gasteiger partial charge on any atom is -0.465 e. The van der Waals surface area contributed by atoms with Gasteiger partial charge in [0, 0.05) is 47.2 Å². The number of piperidine rings is 2. The molecule has 0 aliphatic carbocycles. The van der Waals surface area contributed by atoms with Gasteiger partial charge in [0.15, 0.2) is 0 Å². The molecule has 4 aliphatic rings. The van der Waals surface area contributed by atoms with Crippen LogP contribution in [0, 0.1) is 5.41 Å². The van der Waals surface area contributed by atoms with E-state index in [1.54, 1.807) is 4.90 Å². The van der Waals surface area contributed by atoms with Gasteiger partial charge in [-0.25, -0.2) is 9.78 Å². The number of thiophene rings is 1. The second-order valence-corrected chi connectivity index (χ2v) is 12.3. The summed E-state index contributed by atoms with van der Waals surface area (Å²) in [6.07, 6.45) is 0.989. The molecule has 2 bridgehead atoms. The molecule has 35 heavy (non-hydrogen) atoms. The molecule has 0 unspecified atom stereocenters. The standard InChI is InChI=1S/C26H31N5O3S/c1-14-11-27-21-20-16-5-8-19(29-17(16)6-7-18(20)35-22(21)23(32)28-14)30-13-26(25(2,3)4)10-9-15(30)12-31(26)24(33)34/h5-8,14-15,27H,9-13H2,1-4H3,(H,28,32)(H,33,34)/t14-,15-,26+/m1/s1. The maximum atomic E-state index is 12.7. The van der Waals surface area contributed by atoms with Gasteiger partial charge in [-0.05, 0) is 49.4 Å². The maximum Gasteiger partial charge on any atom is 0.407 e. The summed E-state index contributed by atoms with van der Waals surface area (Å²) in [6, 6.07) is 8.44. The fourth-order valence-corrected chi connectivity index (χ4v) is 7.37. The first kappa shape index (κ1) is 22.4. The number of nitrogens with zero attached hydrogens (tertiary/aromatic N) is 3. The molecule has 184 valence electrons. The van der Waals surface area contributed by atoms with Gasteiger partial charge in [0.1, 0.15) is 10.7 Å². The fourth-order valence-electron chi connectivity index (χ4n) is 6.27. The smallest absolute Gasteiger partial charge is 0.407 e. The first-order chi connectivity index (χ1) is 16.6. The minimum absolute atomic E-state index is 0.0313. The number of hydrogen-bond donors (Lipinski definition) is 3. The molecule has 2 amide bonds. The van der Waals surface area contributed by atoms with E-state index in [1.807, 2.05) is 13.0 Å². The lowest BCUT2D eigenvalue weighted by Gasteiger charge is -2.63. The molecule has 2 aromatic heterocycles. The molecular formula is C26H31N5O3S. The Labute approximate surface area is 208 Å². The van der Waals surface area contributed by atoms with Crippen molar-refractivity contribution in [1.29, 1.82) is 0 Å². The van der Waals surface area contributed by atoms with Crippen molar-refractivity contribution in [3.63, 3.8) is 0 Å².